The number of benzene rings is 2. The second-order valence-corrected chi connectivity index (χ2v) is 13.6. The number of nitrogen functional groups attached to an aromatic ring is 1. The van der Waals surface area contributed by atoms with E-state index in [2.05, 4.69) is 126 Å². The van der Waals surface area contributed by atoms with Crippen LogP contribution in [0, 0.1) is 0 Å². The van der Waals surface area contributed by atoms with Crippen molar-refractivity contribution in [1.29, 1.82) is 0 Å². The lowest BCUT2D eigenvalue weighted by Gasteiger charge is -2.37. The largest absolute Gasteiger partial charge is 0.399 e. The van der Waals surface area contributed by atoms with Crippen LogP contribution in [-0.2, 0) is 0 Å². The zero-order valence-corrected chi connectivity index (χ0v) is 28.0. The van der Waals surface area contributed by atoms with Crippen LogP contribution in [0.1, 0.15) is 45.4 Å². The van der Waals surface area contributed by atoms with E-state index in [1.165, 1.54) is 32.1 Å². The molecule has 2 aliphatic rings. The first-order chi connectivity index (χ1) is 20.3. The predicted octanol–water partition coefficient (Wildman–Crippen LogP) is 7.70. The number of halogens is 1. The number of rotatable bonds is 13. The van der Waals surface area contributed by atoms with Crippen molar-refractivity contribution in [2.75, 3.05) is 48.6 Å². The highest BCUT2D eigenvalue weighted by Gasteiger charge is 2.23. The van der Waals surface area contributed by atoms with Gasteiger partial charge in [0.15, 0.2) is 0 Å². The van der Waals surface area contributed by atoms with Gasteiger partial charge < -0.3 is 31.1 Å². The fourth-order valence-corrected chi connectivity index (χ4v) is 7.33. The molecular weight excluding hydrogens is 631 g/mol. The molecule has 2 aromatic carbocycles. The van der Waals surface area contributed by atoms with E-state index >= 15 is 0 Å². The van der Waals surface area contributed by atoms with Gasteiger partial charge >= 0.3 is 0 Å². The number of nitrogens with two attached hydrogens (primary N) is 2. The molecule has 0 radical (unpaired) electrons. The van der Waals surface area contributed by atoms with Gasteiger partial charge in [-0.25, -0.2) is 0 Å². The average Bonchev–Trinajstić information content (AvgIpc) is 2.99. The maximum atomic E-state index is 6.08. The summed E-state index contributed by atoms with van der Waals surface area (Å²) in [6.07, 6.45) is 19.8. The number of hydrogen-bond acceptors (Lipinski definition) is 6. The van der Waals surface area contributed by atoms with Gasteiger partial charge in [0.2, 0.25) is 0 Å². The van der Waals surface area contributed by atoms with Gasteiger partial charge in [0.25, 0.3) is 0 Å². The van der Waals surface area contributed by atoms with Crippen molar-refractivity contribution in [3.8, 4) is 0 Å². The lowest BCUT2D eigenvalue weighted by Crippen LogP contribution is -2.35. The van der Waals surface area contributed by atoms with Crippen molar-refractivity contribution in [3.05, 3.63) is 106 Å². The monoisotopic (exact) mass is 678 g/mol. The van der Waals surface area contributed by atoms with Gasteiger partial charge in [0.05, 0.1) is 3.63 Å². The normalized spacial score (nSPS) is 15.6. The lowest BCUT2D eigenvalue weighted by molar-refractivity contribution is 0.475. The third-order valence-electron chi connectivity index (χ3n) is 7.65. The van der Waals surface area contributed by atoms with Gasteiger partial charge in [-0.2, -0.15) is 0 Å². The molecule has 0 spiro atoms. The van der Waals surface area contributed by atoms with Crippen LogP contribution in [0.25, 0.3) is 0 Å². The summed E-state index contributed by atoms with van der Waals surface area (Å²) in [5, 5.41) is 0. The Labute approximate surface area is 263 Å². The van der Waals surface area contributed by atoms with Gasteiger partial charge in [0.1, 0.15) is 0 Å². The standard InChI is InChI=1S/C35H47IN6/c1-6-9-32(42(33-14-11-27(37)12-15-33)34-22-18-30(19-23-34)40(4)5)10-7-8-25-41(35-24-13-28(38)26-36-35)31-20-16-29(17-21-31)39(2)3/h8,11-18,20-22,24-26,32H,6-7,9-10,19,23,37-38H2,1-5H3/b25-8+/t32-/m1/s1. The molecule has 7 heteroatoms. The van der Waals surface area contributed by atoms with Crippen molar-refractivity contribution in [3.63, 3.8) is 0 Å². The Bertz CT molecular complexity index is 1360. The average molecular weight is 679 g/mol. The Morgan fingerprint density at radius 2 is 1.43 bits per heavy atom. The van der Waals surface area contributed by atoms with Crippen LogP contribution in [0.5, 0.6) is 0 Å². The minimum absolute atomic E-state index is 0.309. The highest BCUT2D eigenvalue weighted by Crippen LogP contribution is 2.33. The summed E-state index contributed by atoms with van der Waals surface area (Å²) in [4.78, 5) is 9.28. The smallest absolute Gasteiger partial charge is 0.0788 e. The minimum atomic E-state index is -0.309. The first-order valence-corrected chi connectivity index (χ1v) is 17.2. The van der Waals surface area contributed by atoms with Gasteiger partial charge in [-0.1, -0.05) is 40.2 Å². The Morgan fingerprint density at radius 3 is 2.00 bits per heavy atom. The highest BCUT2D eigenvalue weighted by atomic mass is 127. The van der Waals surface area contributed by atoms with E-state index in [4.69, 9.17) is 11.5 Å². The molecule has 0 saturated carbocycles. The van der Waals surface area contributed by atoms with Gasteiger partial charge in [-0.3, -0.25) is 0 Å². The molecule has 1 aliphatic heterocycles. The third kappa shape index (κ3) is 8.31. The molecule has 6 nitrogen and oxygen atoms in total. The van der Waals surface area contributed by atoms with Gasteiger partial charge in [0, 0.05) is 80.3 Å². The molecule has 0 bridgehead atoms. The fraction of sp³-hybridized carbons (Fsp3) is 0.343. The highest BCUT2D eigenvalue weighted by molar-refractivity contribution is 14.2. The molecule has 1 heterocycles. The number of hydrogen-bond donors (Lipinski definition) is 2. The van der Waals surface area contributed by atoms with E-state index < -0.39 is 0 Å². The zero-order chi connectivity index (χ0) is 30.1. The molecule has 1 aliphatic carbocycles. The molecule has 224 valence electrons. The summed E-state index contributed by atoms with van der Waals surface area (Å²) in [5.74, 6) is 0. The zero-order valence-electron chi connectivity index (χ0n) is 25.8. The molecule has 42 heavy (non-hydrogen) atoms. The van der Waals surface area contributed by atoms with Crippen LogP contribution in [0.15, 0.2) is 106 Å². The van der Waals surface area contributed by atoms with Gasteiger partial charge in [-0.05, 0) is 109 Å². The van der Waals surface area contributed by atoms with E-state index in [9.17, 15) is 0 Å². The molecule has 2 aromatic rings. The summed E-state index contributed by atoms with van der Waals surface area (Å²) in [6.45, 7) is 2.29. The maximum absolute atomic E-state index is 6.08. The summed E-state index contributed by atoms with van der Waals surface area (Å²) in [7, 11) is 8.41. The first kappa shape index (κ1) is 31.5. The van der Waals surface area contributed by atoms with E-state index in [-0.39, 0.29) is 20.7 Å². The Morgan fingerprint density at radius 1 is 0.786 bits per heavy atom. The fourth-order valence-electron chi connectivity index (χ4n) is 5.32. The lowest BCUT2D eigenvalue weighted by atomic mass is 9.98. The van der Waals surface area contributed by atoms with Gasteiger partial charge in [-0.15, -0.1) is 0 Å². The van der Waals surface area contributed by atoms with E-state index in [0.29, 0.717) is 6.04 Å². The van der Waals surface area contributed by atoms with Crippen LogP contribution in [-0.4, -0.2) is 42.8 Å². The molecule has 0 amide bonds. The molecule has 1 atom stereocenters. The first-order valence-electron chi connectivity index (χ1n) is 14.9. The van der Waals surface area contributed by atoms with Crippen molar-refractivity contribution in [1.82, 2.24) is 4.90 Å². The van der Waals surface area contributed by atoms with E-state index in [1.807, 2.05) is 18.2 Å². The van der Waals surface area contributed by atoms with Crippen molar-refractivity contribution in [2.45, 2.75) is 51.5 Å². The predicted molar refractivity (Wildman–Crippen MR) is 193 cm³/mol. The van der Waals surface area contributed by atoms with Crippen LogP contribution < -0.4 is 26.2 Å². The SMILES string of the molecule is CCC[C@H](CC/C=C/N(C1=IC=C(N)C=C1)c1ccc(N(C)C)cc1)N(C1=CC=C(N(C)C)CC1)c1ccc(N)cc1. The van der Waals surface area contributed by atoms with Crippen LogP contribution >= 0.6 is 20.7 Å². The summed E-state index contributed by atoms with van der Waals surface area (Å²) < 4.78 is 3.51. The van der Waals surface area contributed by atoms with E-state index in [1.54, 1.807) is 0 Å². The molecule has 0 unspecified atom stereocenters. The molecule has 0 saturated heterocycles. The van der Waals surface area contributed by atoms with Crippen molar-refractivity contribution >= 4 is 47.1 Å². The second-order valence-electron chi connectivity index (χ2n) is 11.2. The maximum Gasteiger partial charge on any atom is 0.0788 e. The van der Waals surface area contributed by atoms with Crippen LogP contribution in [0.3, 0.4) is 0 Å². The second kappa shape index (κ2) is 15.1. The van der Waals surface area contributed by atoms with Crippen LogP contribution in [0.2, 0.25) is 0 Å². The third-order valence-corrected chi connectivity index (χ3v) is 10.2. The van der Waals surface area contributed by atoms with Crippen LogP contribution in [0.4, 0.5) is 22.7 Å². The van der Waals surface area contributed by atoms with Crippen molar-refractivity contribution in [2.24, 2.45) is 5.73 Å². The Balaban J connectivity index is 1.58. The molecule has 0 aromatic heterocycles. The quantitative estimate of drug-likeness (QED) is 0.167. The number of anilines is 4. The number of allylic oxidation sites excluding steroid dienone is 6. The Kier molecular flexibility index (Phi) is 11.3. The summed E-state index contributed by atoms with van der Waals surface area (Å²) in [5.41, 5.74) is 20.2. The molecular formula is C35H47IN6. The molecule has 0 fully saturated rings. The Hall–Kier alpha value is -3.46. The summed E-state index contributed by atoms with van der Waals surface area (Å²) in [6, 6.07) is 17.6. The van der Waals surface area contributed by atoms with E-state index in [0.717, 1.165) is 49.9 Å². The van der Waals surface area contributed by atoms with Crippen molar-refractivity contribution < 1.29 is 0 Å². The minimum Gasteiger partial charge on any atom is -0.399 e. The number of nitrogens with zero attached hydrogens (tertiary/aromatic N) is 4. The molecule has 4 rings (SSSR count). The summed E-state index contributed by atoms with van der Waals surface area (Å²) >= 11 is -0.309. The molecule has 4 N–H and O–H groups in total. The topological polar surface area (TPSA) is 65.0 Å².